The average molecular weight is 198 g/mol. The molecule has 0 radical (unpaired) electrons. The van der Waals surface area contributed by atoms with Gasteiger partial charge in [0.05, 0.1) is 12.5 Å². The number of hydrogen-bond acceptors (Lipinski definition) is 4. The zero-order chi connectivity index (χ0) is 10.7. The van der Waals surface area contributed by atoms with Crippen LogP contribution in [-0.4, -0.2) is 26.4 Å². The van der Waals surface area contributed by atoms with Crippen molar-refractivity contribution in [2.45, 2.75) is 12.5 Å². The first-order valence-corrected chi connectivity index (χ1v) is 3.92. The summed E-state index contributed by atoms with van der Waals surface area (Å²) in [4.78, 5) is 10.3. The molecule has 1 rings (SSSR count). The number of carboxylic acids is 1. The summed E-state index contributed by atoms with van der Waals surface area (Å²) in [5.74, 6) is -1.56. The number of benzene rings is 1. The van der Waals surface area contributed by atoms with Crippen molar-refractivity contribution in [2.24, 2.45) is 0 Å². The third kappa shape index (κ3) is 2.37. The number of aromatic hydroxyl groups is 2. The minimum Gasteiger partial charge on any atom is -0.508 e. The van der Waals surface area contributed by atoms with Crippen molar-refractivity contribution in [1.82, 2.24) is 0 Å². The first kappa shape index (κ1) is 10.3. The predicted molar refractivity (Wildman–Crippen MR) is 47.0 cm³/mol. The van der Waals surface area contributed by atoms with Crippen LogP contribution in [0.4, 0.5) is 0 Å². The second kappa shape index (κ2) is 3.97. The third-order valence-corrected chi connectivity index (χ3v) is 1.74. The molecule has 4 N–H and O–H groups in total. The van der Waals surface area contributed by atoms with Gasteiger partial charge in [0, 0.05) is 5.56 Å². The Hall–Kier alpha value is -1.75. The summed E-state index contributed by atoms with van der Waals surface area (Å²) in [6, 6.07) is 3.56. The van der Waals surface area contributed by atoms with E-state index in [0.717, 1.165) is 6.07 Å². The van der Waals surface area contributed by atoms with E-state index in [9.17, 15) is 15.0 Å². The van der Waals surface area contributed by atoms with Crippen LogP contribution in [0.25, 0.3) is 0 Å². The fourth-order valence-corrected chi connectivity index (χ4v) is 1.08. The van der Waals surface area contributed by atoms with Crippen molar-refractivity contribution < 1.29 is 25.2 Å². The minimum absolute atomic E-state index is 0.00685. The molecule has 0 saturated heterocycles. The molecule has 0 amide bonds. The number of hydrogen-bond donors (Lipinski definition) is 4. The fourth-order valence-electron chi connectivity index (χ4n) is 1.08. The van der Waals surface area contributed by atoms with E-state index in [0.29, 0.717) is 0 Å². The van der Waals surface area contributed by atoms with E-state index >= 15 is 0 Å². The largest absolute Gasteiger partial charge is 0.508 e. The van der Waals surface area contributed by atoms with Crippen molar-refractivity contribution in [3.05, 3.63) is 23.8 Å². The number of carboxylic acid groups (broad SMARTS) is 1. The van der Waals surface area contributed by atoms with Gasteiger partial charge in [-0.3, -0.25) is 4.79 Å². The smallest absolute Gasteiger partial charge is 0.306 e. The lowest BCUT2D eigenvalue weighted by atomic mass is 10.1. The normalized spacial score (nSPS) is 12.4. The molecule has 0 saturated carbocycles. The molecule has 1 atom stereocenters. The molecule has 5 nitrogen and oxygen atoms in total. The van der Waals surface area contributed by atoms with Crippen LogP contribution in [0.3, 0.4) is 0 Å². The van der Waals surface area contributed by atoms with Gasteiger partial charge in [0.1, 0.15) is 11.5 Å². The Morgan fingerprint density at radius 2 is 2.00 bits per heavy atom. The van der Waals surface area contributed by atoms with Crippen molar-refractivity contribution in [2.75, 3.05) is 0 Å². The highest BCUT2D eigenvalue weighted by Gasteiger charge is 2.16. The lowest BCUT2D eigenvalue weighted by molar-refractivity contribution is -0.139. The standard InChI is InChI=1S/C9H10O5/c10-5-1-2-7(11)6(3-5)8(12)4-9(13)14/h1-3,8,10-12H,4H2,(H,13,14). The van der Waals surface area contributed by atoms with E-state index in [4.69, 9.17) is 10.2 Å². The number of rotatable bonds is 3. The lowest BCUT2D eigenvalue weighted by Gasteiger charge is -2.10. The number of aliphatic carboxylic acids is 1. The van der Waals surface area contributed by atoms with Gasteiger partial charge in [-0.05, 0) is 18.2 Å². The maximum Gasteiger partial charge on any atom is 0.306 e. The van der Waals surface area contributed by atoms with E-state index in [1.807, 2.05) is 0 Å². The Kier molecular flexibility index (Phi) is 2.93. The van der Waals surface area contributed by atoms with Crippen molar-refractivity contribution in [3.63, 3.8) is 0 Å². The summed E-state index contributed by atoms with van der Waals surface area (Å²) in [5.41, 5.74) is 0.00685. The maximum absolute atomic E-state index is 10.3. The maximum atomic E-state index is 10.3. The molecule has 0 heterocycles. The molecule has 14 heavy (non-hydrogen) atoms. The van der Waals surface area contributed by atoms with Crippen LogP contribution in [0.1, 0.15) is 18.1 Å². The quantitative estimate of drug-likeness (QED) is 0.533. The predicted octanol–water partition coefficient (Wildman–Crippen LogP) is 0.606. The molecular formula is C9H10O5. The van der Waals surface area contributed by atoms with Gasteiger partial charge in [0.2, 0.25) is 0 Å². The van der Waals surface area contributed by atoms with Gasteiger partial charge < -0.3 is 20.4 Å². The zero-order valence-electron chi connectivity index (χ0n) is 7.21. The van der Waals surface area contributed by atoms with E-state index in [1.54, 1.807) is 0 Å². The molecule has 1 aromatic rings. The summed E-state index contributed by atoms with van der Waals surface area (Å²) in [6.07, 6.45) is -1.84. The van der Waals surface area contributed by atoms with Crippen LogP contribution in [0, 0.1) is 0 Å². The number of carbonyl (C=O) groups is 1. The number of aliphatic hydroxyl groups excluding tert-OH is 1. The summed E-state index contributed by atoms with van der Waals surface area (Å²) < 4.78 is 0. The lowest BCUT2D eigenvalue weighted by Crippen LogP contribution is -2.05. The molecule has 0 bridgehead atoms. The minimum atomic E-state index is -1.32. The topological polar surface area (TPSA) is 98.0 Å². The Bertz CT molecular complexity index is 347. The average Bonchev–Trinajstić information content (AvgIpc) is 2.08. The van der Waals surface area contributed by atoms with Gasteiger partial charge in [-0.15, -0.1) is 0 Å². The van der Waals surface area contributed by atoms with Crippen molar-refractivity contribution in [1.29, 1.82) is 0 Å². The molecule has 0 aliphatic rings. The van der Waals surface area contributed by atoms with E-state index in [2.05, 4.69) is 0 Å². The Morgan fingerprint density at radius 3 is 2.57 bits per heavy atom. The first-order valence-electron chi connectivity index (χ1n) is 3.92. The van der Waals surface area contributed by atoms with E-state index in [-0.39, 0.29) is 17.1 Å². The van der Waals surface area contributed by atoms with Gasteiger partial charge in [0.25, 0.3) is 0 Å². The van der Waals surface area contributed by atoms with E-state index in [1.165, 1.54) is 12.1 Å². The van der Waals surface area contributed by atoms with Crippen LogP contribution < -0.4 is 0 Å². The number of phenolic OH excluding ortho intramolecular Hbond substituents is 2. The highest BCUT2D eigenvalue weighted by molar-refractivity contribution is 5.68. The zero-order valence-corrected chi connectivity index (χ0v) is 7.21. The van der Waals surface area contributed by atoms with Gasteiger partial charge in [0.15, 0.2) is 0 Å². The number of aliphatic hydroxyl groups is 1. The van der Waals surface area contributed by atoms with Crippen LogP contribution in [0.2, 0.25) is 0 Å². The number of phenols is 2. The molecule has 5 heteroatoms. The van der Waals surface area contributed by atoms with Gasteiger partial charge in [-0.25, -0.2) is 0 Å². The summed E-state index contributed by atoms with van der Waals surface area (Å²) >= 11 is 0. The molecule has 0 aromatic heterocycles. The Labute approximate surface area is 79.9 Å². The third-order valence-electron chi connectivity index (χ3n) is 1.74. The molecule has 76 valence electrons. The van der Waals surface area contributed by atoms with Crippen LogP contribution in [0.5, 0.6) is 11.5 Å². The van der Waals surface area contributed by atoms with Crippen LogP contribution >= 0.6 is 0 Å². The Balaban J connectivity index is 2.93. The molecule has 0 spiro atoms. The fraction of sp³-hybridized carbons (Fsp3) is 0.222. The summed E-state index contributed by atoms with van der Waals surface area (Å²) in [7, 11) is 0. The molecule has 0 aliphatic heterocycles. The molecule has 0 fully saturated rings. The molecule has 0 aliphatic carbocycles. The van der Waals surface area contributed by atoms with Gasteiger partial charge in [-0.2, -0.15) is 0 Å². The molecule has 1 unspecified atom stereocenters. The SMILES string of the molecule is O=C(O)CC(O)c1cc(O)ccc1O. The van der Waals surface area contributed by atoms with Crippen LogP contribution in [0.15, 0.2) is 18.2 Å². The second-order valence-electron chi connectivity index (χ2n) is 2.86. The Morgan fingerprint density at radius 1 is 1.36 bits per heavy atom. The summed E-state index contributed by atoms with van der Waals surface area (Å²) in [6.45, 7) is 0. The monoisotopic (exact) mass is 198 g/mol. The van der Waals surface area contributed by atoms with Crippen molar-refractivity contribution >= 4 is 5.97 Å². The van der Waals surface area contributed by atoms with Crippen LogP contribution in [-0.2, 0) is 4.79 Å². The molecule has 1 aromatic carbocycles. The van der Waals surface area contributed by atoms with Gasteiger partial charge >= 0.3 is 5.97 Å². The first-order chi connectivity index (χ1) is 6.50. The highest BCUT2D eigenvalue weighted by Crippen LogP contribution is 2.29. The molecular weight excluding hydrogens is 188 g/mol. The van der Waals surface area contributed by atoms with Gasteiger partial charge in [-0.1, -0.05) is 0 Å². The highest BCUT2D eigenvalue weighted by atomic mass is 16.4. The van der Waals surface area contributed by atoms with E-state index < -0.39 is 18.5 Å². The summed E-state index contributed by atoms with van der Waals surface area (Å²) in [5, 5.41) is 36.1. The van der Waals surface area contributed by atoms with Crippen molar-refractivity contribution in [3.8, 4) is 11.5 Å². The second-order valence-corrected chi connectivity index (χ2v) is 2.86.